The third-order valence-corrected chi connectivity index (χ3v) is 5.20. The predicted octanol–water partition coefficient (Wildman–Crippen LogP) is 2.86. The minimum Gasteiger partial charge on any atom is -0.477 e. The molecule has 1 aromatic heterocycles. The number of Topliss-reactive ketones (excluding diaryl/α,β-unsaturated/α-hetero) is 1. The van der Waals surface area contributed by atoms with Crippen LogP contribution in [0, 0.1) is 0 Å². The molecule has 0 bridgehead atoms. The maximum atomic E-state index is 13.1. The number of nitrogens with zero attached hydrogens (tertiary/aromatic N) is 1. The Morgan fingerprint density at radius 3 is 2.46 bits per heavy atom. The van der Waals surface area contributed by atoms with E-state index in [2.05, 4.69) is 0 Å². The first-order valence-corrected chi connectivity index (χ1v) is 8.78. The van der Waals surface area contributed by atoms with Crippen LogP contribution in [-0.4, -0.2) is 46.4 Å². The molecule has 136 valence electrons. The smallest absolute Gasteiger partial charge is 0.390 e. The van der Waals surface area contributed by atoms with Gasteiger partial charge in [0, 0.05) is 6.42 Å². The highest BCUT2D eigenvalue weighted by Gasteiger charge is 2.59. The summed E-state index contributed by atoms with van der Waals surface area (Å²) in [5, 5.41) is 9.97. The molecule has 3 atom stereocenters. The molecule has 0 aliphatic carbocycles. The van der Waals surface area contributed by atoms with Crippen molar-refractivity contribution in [1.82, 2.24) is 0 Å². The molecule has 1 amide bonds. The number of hydrogen-bond donors (Lipinski definition) is 1. The van der Waals surface area contributed by atoms with E-state index in [-0.39, 0.29) is 16.2 Å². The first-order chi connectivity index (χ1) is 12.5. The molecule has 2 aromatic rings. The average molecular weight is 356 g/mol. The van der Waals surface area contributed by atoms with E-state index >= 15 is 0 Å². The Morgan fingerprint density at radius 1 is 1.15 bits per heavy atom. The van der Waals surface area contributed by atoms with Crippen LogP contribution in [0.25, 0.3) is 0 Å². The fourth-order valence-corrected chi connectivity index (χ4v) is 4.14. The Balaban J connectivity index is 2.03. The molecule has 1 aliphatic heterocycles. The summed E-state index contributed by atoms with van der Waals surface area (Å²) in [7, 11) is 0. The van der Waals surface area contributed by atoms with Crippen molar-refractivity contribution in [3.63, 3.8) is 0 Å². The van der Waals surface area contributed by atoms with Gasteiger partial charge in [0.2, 0.25) is 6.04 Å². The zero-order valence-electron chi connectivity index (χ0n) is 14.6. The fourth-order valence-electron chi connectivity index (χ4n) is 4.14. The molecular weight excluding hydrogens is 334 g/mol. The van der Waals surface area contributed by atoms with Crippen molar-refractivity contribution in [2.75, 3.05) is 13.1 Å². The summed E-state index contributed by atoms with van der Waals surface area (Å²) in [4.78, 5) is 38.0. The minimum absolute atomic E-state index is 0.0455. The summed E-state index contributed by atoms with van der Waals surface area (Å²) in [5.41, 5.74) is 0.884. The van der Waals surface area contributed by atoms with Gasteiger partial charge in [0.15, 0.2) is 5.76 Å². The van der Waals surface area contributed by atoms with Gasteiger partial charge in [-0.15, -0.1) is 0 Å². The number of carbonyl (C=O) groups excluding carboxylic acids is 2. The van der Waals surface area contributed by atoms with Crippen molar-refractivity contribution >= 4 is 17.7 Å². The lowest BCUT2D eigenvalue weighted by Crippen LogP contribution is -2.62. The molecule has 3 rings (SSSR count). The summed E-state index contributed by atoms with van der Waals surface area (Å²) in [6.45, 7) is 2.53. The maximum Gasteiger partial charge on any atom is 0.390 e. The van der Waals surface area contributed by atoms with Crippen LogP contribution in [0.4, 0.5) is 0 Å². The van der Waals surface area contributed by atoms with Gasteiger partial charge in [0.05, 0.1) is 25.3 Å². The predicted molar refractivity (Wildman–Crippen MR) is 93.6 cm³/mol. The molecule has 1 aliphatic rings. The lowest BCUT2D eigenvalue weighted by Gasteiger charge is -2.35. The van der Waals surface area contributed by atoms with E-state index in [0.717, 1.165) is 5.56 Å². The van der Waals surface area contributed by atoms with Crippen LogP contribution < -0.4 is 0 Å². The average Bonchev–Trinajstić information content (AvgIpc) is 3.30. The Hall–Kier alpha value is -2.73. The number of carboxylic acids is 1. The molecule has 0 saturated carbocycles. The van der Waals surface area contributed by atoms with E-state index in [9.17, 15) is 19.5 Å². The van der Waals surface area contributed by atoms with Crippen LogP contribution in [0.2, 0.25) is 0 Å². The van der Waals surface area contributed by atoms with Gasteiger partial charge in [-0.25, -0.2) is 14.1 Å². The number of benzene rings is 1. The van der Waals surface area contributed by atoms with E-state index in [0.29, 0.717) is 25.9 Å². The summed E-state index contributed by atoms with van der Waals surface area (Å²) in [5.74, 6) is -2.87. The van der Waals surface area contributed by atoms with Crippen molar-refractivity contribution in [1.29, 1.82) is 0 Å². The van der Waals surface area contributed by atoms with Crippen molar-refractivity contribution in [2.45, 2.75) is 31.7 Å². The molecule has 1 N–H and O–H groups in total. The third-order valence-electron chi connectivity index (χ3n) is 5.20. The van der Waals surface area contributed by atoms with E-state index in [1.807, 2.05) is 37.3 Å². The first kappa shape index (κ1) is 18.1. The number of quaternary nitrogens is 1. The normalized spacial score (nSPS) is 25.1. The zero-order valence-corrected chi connectivity index (χ0v) is 14.6. The molecule has 0 spiro atoms. The molecule has 2 heterocycles. The van der Waals surface area contributed by atoms with Gasteiger partial charge >= 0.3 is 17.7 Å². The molecule has 1 aromatic carbocycles. The Bertz CT molecular complexity index is 799. The topological polar surface area (TPSA) is 84.6 Å². The van der Waals surface area contributed by atoms with E-state index < -0.39 is 23.7 Å². The van der Waals surface area contributed by atoms with E-state index in [1.54, 1.807) is 0 Å². The van der Waals surface area contributed by atoms with Crippen molar-refractivity contribution < 1.29 is 28.4 Å². The highest BCUT2D eigenvalue weighted by atomic mass is 16.4. The number of hydrogen-bond acceptors (Lipinski definition) is 4. The number of carboxylic acid groups (broad SMARTS) is 1. The Morgan fingerprint density at radius 2 is 1.88 bits per heavy atom. The lowest BCUT2D eigenvalue weighted by molar-refractivity contribution is -0.855. The van der Waals surface area contributed by atoms with Gasteiger partial charge in [-0.2, -0.15) is 0 Å². The number of ketones is 1. The summed E-state index contributed by atoms with van der Waals surface area (Å²) >= 11 is 0. The Labute approximate surface area is 151 Å². The quantitative estimate of drug-likeness (QED) is 0.489. The SMILES string of the molecule is CCC[N+]1(C(=O)C(=O)c2ccco2)CCC(c2ccccc2)[C@H]1C(=O)O. The number of amides is 1. The summed E-state index contributed by atoms with van der Waals surface area (Å²) in [6, 6.07) is 11.3. The molecule has 1 saturated heterocycles. The summed E-state index contributed by atoms with van der Waals surface area (Å²) < 4.78 is 4.72. The van der Waals surface area contributed by atoms with Gasteiger partial charge < -0.3 is 9.52 Å². The van der Waals surface area contributed by atoms with Crippen LogP contribution in [0.5, 0.6) is 0 Å². The molecule has 1 fully saturated rings. The standard InChI is InChI=1S/C20H21NO5/c1-2-11-21(19(23)18(22)16-9-6-13-26-16)12-10-15(17(21)20(24)25)14-7-4-3-5-8-14/h3-9,13,15,17H,2,10-12H2,1H3/p+1/t15?,17-,21?/m0/s1. The number of likely N-dealkylation sites (tertiary alicyclic amines) is 1. The van der Waals surface area contributed by atoms with E-state index in [4.69, 9.17) is 4.42 Å². The zero-order chi connectivity index (χ0) is 18.7. The van der Waals surface area contributed by atoms with Crippen molar-refractivity contribution in [3.8, 4) is 0 Å². The van der Waals surface area contributed by atoms with Crippen molar-refractivity contribution in [3.05, 3.63) is 60.1 Å². The largest absolute Gasteiger partial charge is 0.477 e. The van der Waals surface area contributed by atoms with Gasteiger partial charge in [-0.3, -0.25) is 4.79 Å². The second-order valence-corrected chi connectivity index (χ2v) is 6.68. The van der Waals surface area contributed by atoms with Gasteiger partial charge in [-0.05, 0) is 24.1 Å². The third kappa shape index (κ3) is 2.97. The monoisotopic (exact) mass is 356 g/mol. The minimum atomic E-state index is -1.05. The maximum absolute atomic E-state index is 13.1. The van der Waals surface area contributed by atoms with Gasteiger partial charge in [-0.1, -0.05) is 37.3 Å². The van der Waals surface area contributed by atoms with Crippen LogP contribution >= 0.6 is 0 Å². The van der Waals surface area contributed by atoms with Crippen LogP contribution in [0.1, 0.15) is 41.8 Å². The molecule has 6 nitrogen and oxygen atoms in total. The van der Waals surface area contributed by atoms with Crippen LogP contribution in [-0.2, 0) is 9.59 Å². The van der Waals surface area contributed by atoms with Crippen LogP contribution in [0.15, 0.2) is 53.1 Å². The van der Waals surface area contributed by atoms with Crippen LogP contribution in [0.3, 0.4) is 0 Å². The van der Waals surface area contributed by atoms with Gasteiger partial charge in [0.25, 0.3) is 0 Å². The second kappa shape index (κ2) is 7.25. The number of carbonyl (C=O) groups is 3. The lowest BCUT2D eigenvalue weighted by atomic mass is 9.91. The van der Waals surface area contributed by atoms with E-state index in [1.165, 1.54) is 18.4 Å². The number of aliphatic carboxylic acids is 1. The Kier molecular flexibility index (Phi) is 5.04. The molecule has 2 unspecified atom stereocenters. The first-order valence-electron chi connectivity index (χ1n) is 8.78. The van der Waals surface area contributed by atoms with Crippen molar-refractivity contribution in [2.24, 2.45) is 0 Å². The highest BCUT2D eigenvalue weighted by molar-refractivity contribution is 6.39. The number of rotatable bonds is 6. The highest BCUT2D eigenvalue weighted by Crippen LogP contribution is 2.40. The second-order valence-electron chi connectivity index (χ2n) is 6.68. The molecule has 26 heavy (non-hydrogen) atoms. The fraction of sp³-hybridized carbons (Fsp3) is 0.350. The molecule has 0 radical (unpaired) electrons. The molecular formula is C20H22NO5+. The summed E-state index contributed by atoms with van der Waals surface area (Å²) in [6.07, 6.45) is 2.47. The molecule has 6 heteroatoms. The number of furan rings is 1. The van der Waals surface area contributed by atoms with Gasteiger partial charge in [0.1, 0.15) is 0 Å².